The Labute approximate surface area is 162 Å². The van der Waals surface area contributed by atoms with Gasteiger partial charge in [-0.15, -0.1) is 0 Å². The molecule has 2 aromatic carbocycles. The molecule has 28 heavy (non-hydrogen) atoms. The summed E-state index contributed by atoms with van der Waals surface area (Å²) in [6.07, 6.45) is 3.33. The summed E-state index contributed by atoms with van der Waals surface area (Å²) < 4.78 is 2.08. The molecule has 7 heteroatoms. The number of H-pyrrole nitrogens is 1. The Morgan fingerprint density at radius 2 is 1.79 bits per heavy atom. The molecule has 0 fully saturated rings. The van der Waals surface area contributed by atoms with E-state index in [1.807, 2.05) is 67.8 Å². The topological polar surface area (TPSA) is 88.5 Å². The van der Waals surface area contributed by atoms with Crippen molar-refractivity contribution in [1.29, 1.82) is 0 Å². The number of imidazole rings is 1. The number of rotatable bonds is 5. The van der Waals surface area contributed by atoms with Crippen LogP contribution in [0.4, 0.5) is 5.69 Å². The third-order valence-electron chi connectivity index (χ3n) is 4.57. The maximum atomic E-state index is 11.3. The van der Waals surface area contributed by atoms with Gasteiger partial charge in [-0.25, -0.2) is 9.97 Å². The summed E-state index contributed by atoms with van der Waals surface area (Å²) in [7, 11) is 0. The van der Waals surface area contributed by atoms with Crippen LogP contribution in [0.25, 0.3) is 22.5 Å². The Kier molecular flexibility index (Phi) is 4.72. The Balaban J connectivity index is 1.83. The van der Waals surface area contributed by atoms with Gasteiger partial charge in [0.2, 0.25) is 5.91 Å². The van der Waals surface area contributed by atoms with Gasteiger partial charge in [0.15, 0.2) is 0 Å². The first-order valence-corrected chi connectivity index (χ1v) is 8.99. The van der Waals surface area contributed by atoms with Crippen molar-refractivity contribution in [2.24, 2.45) is 0 Å². The van der Waals surface area contributed by atoms with Gasteiger partial charge < -0.3 is 9.88 Å². The van der Waals surface area contributed by atoms with Gasteiger partial charge in [0.05, 0.1) is 23.8 Å². The highest BCUT2D eigenvalue weighted by atomic mass is 16.1. The molecule has 1 atom stereocenters. The molecule has 0 radical (unpaired) electrons. The molecular formula is C21H20N6O. The van der Waals surface area contributed by atoms with Crippen molar-refractivity contribution in [2.75, 3.05) is 5.32 Å². The van der Waals surface area contributed by atoms with Gasteiger partial charge >= 0.3 is 0 Å². The maximum absolute atomic E-state index is 11.3. The molecule has 0 saturated heterocycles. The van der Waals surface area contributed by atoms with E-state index in [0.29, 0.717) is 0 Å². The minimum Gasteiger partial charge on any atom is -0.326 e. The van der Waals surface area contributed by atoms with Gasteiger partial charge in [0, 0.05) is 23.7 Å². The van der Waals surface area contributed by atoms with Crippen LogP contribution in [0.15, 0.2) is 67.3 Å². The number of anilines is 1. The van der Waals surface area contributed by atoms with E-state index < -0.39 is 0 Å². The average molecular weight is 372 g/mol. The summed E-state index contributed by atoms with van der Waals surface area (Å²) in [6.45, 7) is 3.54. The van der Waals surface area contributed by atoms with Crippen LogP contribution in [-0.2, 0) is 4.79 Å². The first-order chi connectivity index (χ1) is 13.6. The lowest BCUT2D eigenvalue weighted by Gasteiger charge is -2.16. The highest BCUT2D eigenvalue weighted by molar-refractivity contribution is 5.89. The second kappa shape index (κ2) is 7.48. The van der Waals surface area contributed by atoms with Crippen LogP contribution in [0.5, 0.6) is 0 Å². The van der Waals surface area contributed by atoms with Gasteiger partial charge in [-0.3, -0.25) is 9.89 Å². The molecule has 7 nitrogen and oxygen atoms in total. The quantitative estimate of drug-likeness (QED) is 0.556. The van der Waals surface area contributed by atoms with E-state index in [1.54, 1.807) is 0 Å². The first kappa shape index (κ1) is 17.7. The highest BCUT2D eigenvalue weighted by Crippen LogP contribution is 2.34. The lowest BCUT2D eigenvalue weighted by Crippen LogP contribution is -2.09. The Morgan fingerprint density at radius 3 is 2.43 bits per heavy atom. The molecule has 0 bridgehead atoms. The van der Waals surface area contributed by atoms with Crippen molar-refractivity contribution in [3.8, 4) is 22.5 Å². The van der Waals surface area contributed by atoms with Crippen molar-refractivity contribution < 1.29 is 4.79 Å². The van der Waals surface area contributed by atoms with E-state index in [-0.39, 0.29) is 11.9 Å². The lowest BCUT2D eigenvalue weighted by molar-refractivity contribution is -0.114. The van der Waals surface area contributed by atoms with Crippen LogP contribution in [0.3, 0.4) is 0 Å². The van der Waals surface area contributed by atoms with Gasteiger partial charge in [0.25, 0.3) is 0 Å². The normalized spacial score (nSPS) is 11.9. The predicted molar refractivity (Wildman–Crippen MR) is 108 cm³/mol. The smallest absolute Gasteiger partial charge is 0.221 e. The molecule has 1 amide bonds. The number of carbonyl (C=O) groups excluding carboxylic acids is 1. The molecule has 0 aliphatic rings. The molecule has 0 aliphatic heterocycles. The minimum absolute atomic E-state index is 0.0718. The first-order valence-electron chi connectivity index (χ1n) is 8.99. The minimum atomic E-state index is -0.0956. The SMILES string of the molecule is CC(=O)Nc1ccc(-c2c(-c3ccccc3)ncn2[C@@H](C)c2ncn[nH]2)cc1. The zero-order valence-corrected chi connectivity index (χ0v) is 15.6. The van der Waals surface area contributed by atoms with Crippen molar-refractivity contribution in [3.63, 3.8) is 0 Å². The molecule has 140 valence electrons. The average Bonchev–Trinajstić information content (AvgIpc) is 3.39. The summed E-state index contributed by atoms with van der Waals surface area (Å²) in [5, 5.41) is 9.70. The Bertz CT molecular complexity index is 1070. The summed E-state index contributed by atoms with van der Waals surface area (Å²) in [4.78, 5) is 20.3. The summed E-state index contributed by atoms with van der Waals surface area (Å²) in [6, 6.07) is 17.7. The second-order valence-corrected chi connectivity index (χ2v) is 6.52. The number of carbonyl (C=O) groups is 1. The molecule has 2 aromatic heterocycles. The summed E-state index contributed by atoms with van der Waals surface area (Å²) in [5.74, 6) is 0.662. The molecule has 0 saturated carbocycles. The molecule has 0 aliphatic carbocycles. The zero-order valence-electron chi connectivity index (χ0n) is 15.6. The van der Waals surface area contributed by atoms with Crippen LogP contribution in [-0.4, -0.2) is 30.6 Å². The molecule has 2 N–H and O–H groups in total. The maximum Gasteiger partial charge on any atom is 0.221 e. The van der Waals surface area contributed by atoms with E-state index in [2.05, 4.69) is 25.1 Å². The number of aromatic nitrogens is 5. The van der Waals surface area contributed by atoms with Crippen LogP contribution in [0, 0.1) is 0 Å². The number of nitrogens with zero attached hydrogens (tertiary/aromatic N) is 4. The summed E-state index contributed by atoms with van der Waals surface area (Å²) in [5.41, 5.74) is 4.65. The molecule has 4 rings (SSSR count). The van der Waals surface area contributed by atoms with E-state index in [0.717, 1.165) is 34.0 Å². The standard InChI is InChI=1S/C21H20N6O/c1-14(21-22-12-24-26-21)27-13-23-19(16-6-4-3-5-7-16)20(27)17-8-10-18(11-9-17)25-15(2)28/h3-14H,1-2H3,(H,25,28)(H,22,24,26)/t14-/m0/s1. The fourth-order valence-corrected chi connectivity index (χ4v) is 3.21. The fourth-order valence-electron chi connectivity index (χ4n) is 3.21. The Morgan fingerprint density at radius 1 is 1.04 bits per heavy atom. The third-order valence-corrected chi connectivity index (χ3v) is 4.57. The number of hydrogen-bond acceptors (Lipinski definition) is 4. The lowest BCUT2D eigenvalue weighted by atomic mass is 10.0. The van der Waals surface area contributed by atoms with Crippen molar-refractivity contribution in [3.05, 3.63) is 73.1 Å². The number of hydrogen-bond donors (Lipinski definition) is 2. The highest BCUT2D eigenvalue weighted by Gasteiger charge is 2.20. The van der Waals surface area contributed by atoms with Crippen LogP contribution < -0.4 is 5.32 Å². The number of amides is 1. The van der Waals surface area contributed by atoms with E-state index in [9.17, 15) is 4.79 Å². The van der Waals surface area contributed by atoms with Crippen molar-refractivity contribution >= 4 is 11.6 Å². The second-order valence-electron chi connectivity index (χ2n) is 6.52. The largest absolute Gasteiger partial charge is 0.326 e. The van der Waals surface area contributed by atoms with E-state index in [4.69, 9.17) is 4.98 Å². The zero-order chi connectivity index (χ0) is 19.5. The number of aromatic amines is 1. The monoisotopic (exact) mass is 372 g/mol. The fraction of sp³-hybridized carbons (Fsp3) is 0.143. The molecular weight excluding hydrogens is 352 g/mol. The summed E-state index contributed by atoms with van der Waals surface area (Å²) >= 11 is 0. The molecule has 0 unspecified atom stereocenters. The van der Waals surface area contributed by atoms with Gasteiger partial charge in [-0.05, 0) is 19.1 Å². The van der Waals surface area contributed by atoms with Crippen LogP contribution >= 0.6 is 0 Å². The number of nitrogens with one attached hydrogen (secondary N) is 2. The van der Waals surface area contributed by atoms with Gasteiger partial charge in [-0.2, -0.15) is 5.10 Å². The molecule has 2 heterocycles. The van der Waals surface area contributed by atoms with Crippen molar-refractivity contribution in [1.82, 2.24) is 24.7 Å². The van der Waals surface area contributed by atoms with E-state index >= 15 is 0 Å². The Hall–Kier alpha value is -3.74. The molecule has 4 aromatic rings. The van der Waals surface area contributed by atoms with Crippen LogP contribution in [0.1, 0.15) is 25.7 Å². The van der Waals surface area contributed by atoms with E-state index in [1.165, 1.54) is 13.3 Å². The van der Waals surface area contributed by atoms with Gasteiger partial charge in [0.1, 0.15) is 12.2 Å². The number of benzene rings is 2. The van der Waals surface area contributed by atoms with Crippen LogP contribution in [0.2, 0.25) is 0 Å². The molecule has 0 spiro atoms. The van der Waals surface area contributed by atoms with Gasteiger partial charge in [-0.1, -0.05) is 42.5 Å². The van der Waals surface area contributed by atoms with Crippen molar-refractivity contribution in [2.45, 2.75) is 19.9 Å². The predicted octanol–water partition coefficient (Wildman–Crippen LogP) is 3.90. The third kappa shape index (κ3) is 3.42.